The highest BCUT2D eigenvalue weighted by molar-refractivity contribution is 6.29. The van der Waals surface area contributed by atoms with Gasteiger partial charge in [0, 0.05) is 88.0 Å². The lowest BCUT2D eigenvalue weighted by atomic mass is 9.78. The molecule has 4 aliphatic heterocycles. The summed E-state index contributed by atoms with van der Waals surface area (Å²) < 4.78 is 0. The van der Waals surface area contributed by atoms with Crippen LogP contribution in [0.2, 0.25) is 0 Å². The molecule has 13 aromatic rings. The zero-order valence-corrected chi connectivity index (χ0v) is 86.3. The maximum absolute atomic E-state index is 6.26. The molecule has 0 amide bonds. The van der Waals surface area contributed by atoms with E-state index in [1.165, 1.54) is 66.8 Å². The van der Waals surface area contributed by atoms with Gasteiger partial charge in [-0.25, -0.2) is 19.9 Å². The summed E-state index contributed by atoms with van der Waals surface area (Å²) in [7, 11) is 0. The van der Waals surface area contributed by atoms with Crippen molar-refractivity contribution in [1.82, 2.24) is 39.9 Å². The number of aromatic nitrogens is 8. The SMILES string of the molecule is CC(C)(C)c1cc(-c2c3nc(c(-c4cc(C(C)(C)C)cc(C(C)(C)C)c4)c4cc5c([nH]4)c(c4nc(c(-c6cc(C(C)(C)C)cc(C(C)(C)C)c6)c6ccc2[nH]6)C=C4)c2cc4[nH]c2c5c2nc(c(-c5cc(C(C)(C)C)cc(C(C)(C)C)c5)c5ccc([nH]5)c(-c5cc(C(C)(C)C)cc(C(C)(C)C)c5)c5nc(c4-c4cc(C(C)(C)C)cc(C(C)(C)C)c4)C=C5)C=C2)C=C3)cc(C(C)(C)C)c1. The second kappa shape index (κ2) is 31.1. The van der Waals surface area contributed by atoms with Crippen molar-refractivity contribution in [3.05, 3.63) is 258 Å². The molecule has 4 aliphatic rings. The van der Waals surface area contributed by atoms with Gasteiger partial charge in [-0.3, -0.25) is 0 Å². The third-order valence-corrected chi connectivity index (χ3v) is 28.0. The van der Waals surface area contributed by atoms with Crippen molar-refractivity contribution in [1.29, 1.82) is 0 Å². The van der Waals surface area contributed by atoms with Gasteiger partial charge in [0.2, 0.25) is 0 Å². The molecular formula is C124H144N8. The predicted molar refractivity (Wildman–Crippen MR) is 574 cm³/mol. The highest BCUT2D eigenvalue weighted by Gasteiger charge is 2.34. The maximum Gasteiger partial charge on any atom is 0.0738 e. The Morgan fingerprint density at radius 3 is 0.462 bits per heavy atom. The molecule has 8 heteroatoms. The van der Waals surface area contributed by atoms with Crippen LogP contribution < -0.4 is 0 Å². The number of H-pyrrole nitrogens is 4. The Hall–Kier alpha value is -11.5. The van der Waals surface area contributed by atoms with E-state index in [4.69, 9.17) is 19.9 Å². The van der Waals surface area contributed by atoms with E-state index in [-0.39, 0.29) is 65.0 Å². The van der Waals surface area contributed by atoms with Gasteiger partial charge in [0.05, 0.1) is 56.6 Å². The molecule has 680 valence electrons. The first kappa shape index (κ1) is 92.4. The van der Waals surface area contributed by atoms with E-state index in [2.05, 4.69) is 463 Å². The van der Waals surface area contributed by atoms with Crippen LogP contribution >= 0.6 is 0 Å². The van der Waals surface area contributed by atoms with Crippen molar-refractivity contribution in [3.63, 3.8) is 0 Å². The third-order valence-electron chi connectivity index (χ3n) is 28.0. The molecule has 0 saturated carbocycles. The number of rotatable bonds is 6. The summed E-state index contributed by atoms with van der Waals surface area (Å²) in [5.41, 5.74) is 39.6. The zero-order valence-electron chi connectivity index (χ0n) is 86.3. The lowest BCUT2D eigenvalue weighted by Crippen LogP contribution is -2.16. The van der Waals surface area contributed by atoms with Crippen molar-refractivity contribution in [2.24, 2.45) is 0 Å². The summed E-state index contributed by atoms with van der Waals surface area (Å²) in [6, 6.07) is 58.0. The molecule has 0 unspecified atom stereocenters. The number of aromatic amines is 4. The average molecular weight is 1750 g/mol. The Balaban J connectivity index is 1.17. The second-order valence-corrected chi connectivity index (χ2v) is 51.2. The number of nitrogens with one attached hydrogen (secondary N) is 4. The monoisotopic (exact) mass is 1750 g/mol. The molecule has 7 aromatic carbocycles. The highest BCUT2D eigenvalue weighted by Crippen LogP contribution is 2.51. The molecule has 8 nitrogen and oxygen atoms in total. The summed E-state index contributed by atoms with van der Waals surface area (Å²) in [5.74, 6) is 0. The lowest BCUT2D eigenvalue weighted by molar-refractivity contribution is 0.568. The number of hydrogen-bond donors (Lipinski definition) is 4. The second-order valence-electron chi connectivity index (χ2n) is 51.2. The summed E-state index contributed by atoms with van der Waals surface area (Å²) in [6.07, 6.45) is 18.3. The lowest BCUT2D eigenvalue weighted by Gasteiger charge is -2.26. The van der Waals surface area contributed by atoms with Crippen LogP contribution in [0.1, 0.15) is 362 Å². The molecule has 132 heavy (non-hydrogen) atoms. The van der Waals surface area contributed by atoms with Gasteiger partial charge in [-0.15, -0.1) is 0 Å². The van der Waals surface area contributed by atoms with E-state index in [1.54, 1.807) is 0 Å². The smallest absolute Gasteiger partial charge is 0.0738 e. The highest BCUT2D eigenvalue weighted by atomic mass is 14.8. The molecule has 0 aliphatic carbocycles. The van der Waals surface area contributed by atoms with Crippen molar-refractivity contribution >= 4 is 114 Å². The summed E-state index contributed by atoms with van der Waals surface area (Å²) in [5, 5.41) is 3.89. The average Bonchev–Trinajstić information content (AvgIpc) is 1.55. The van der Waals surface area contributed by atoms with Crippen molar-refractivity contribution < 1.29 is 0 Å². The normalized spacial score (nSPS) is 14.1. The Bertz CT molecular complexity index is 6800. The predicted octanol–water partition coefficient (Wildman–Crippen LogP) is 34.9. The van der Waals surface area contributed by atoms with E-state index < -0.39 is 0 Å². The molecule has 0 fully saturated rings. The Morgan fingerprint density at radius 2 is 0.303 bits per heavy atom. The van der Waals surface area contributed by atoms with Crippen molar-refractivity contribution in [3.8, 4) is 66.8 Å². The number of hydrogen-bond acceptors (Lipinski definition) is 4. The molecule has 6 aromatic heterocycles. The standard InChI is InChI=1S/C124H144N8/c1-113(2,3)75-49-69(50-76(61-75)114(4,5)6)103-89-37-39-91(125-89)105(71-53-79(117(13,14)15)63-80(54-71)118(16,17)18)95-45-47-99(129-95)110-88-68-102-108(74-59-85(123(31,32)33)66-86(60-74)124(34,35)36)98-44-42-94(128-98)104(70-51-77(115(7,8)9)62-78(52-70)116(10,11)12)90-38-40-92(126-90)106(72-55-81(119(19,20)21)64-82(56-72)120(22,23)24)96-46-48-100(130-96)109(112(88)132-102)87-67-101(131-111(87)110)107(97-43-41-93(103)127-97)73-57-83(121(25,26)27)65-84(58-73)122(28,29)30/h37-68,125-126,131-132H,1-36H3. The number of fused-ring (bicyclic) bond motifs is 18. The van der Waals surface area contributed by atoms with E-state index in [0.29, 0.717) is 0 Å². The molecule has 10 heterocycles. The Morgan fingerprint density at radius 1 is 0.159 bits per heavy atom. The van der Waals surface area contributed by atoms with Crippen LogP contribution in [-0.4, -0.2) is 39.9 Å². The minimum absolute atomic E-state index is 0.177. The van der Waals surface area contributed by atoms with Gasteiger partial charge in [-0.1, -0.05) is 358 Å². The molecule has 0 atom stereocenters. The fourth-order valence-corrected chi connectivity index (χ4v) is 19.2. The third kappa shape index (κ3) is 17.4. The zero-order chi connectivity index (χ0) is 95.7. The Labute approximate surface area is 787 Å². The topological polar surface area (TPSA) is 115 Å². The summed E-state index contributed by atoms with van der Waals surface area (Å²) in [4.78, 5) is 42.3. The quantitative estimate of drug-likeness (QED) is 0.133. The fraction of sp³-hybridized carbons (Fsp3) is 0.387. The molecule has 4 N–H and O–H groups in total. The van der Waals surface area contributed by atoms with Gasteiger partial charge in [-0.05, 0) is 250 Å². The number of benzene rings is 7. The van der Waals surface area contributed by atoms with Crippen LogP contribution in [-0.2, 0) is 65.0 Å². The van der Waals surface area contributed by atoms with E-state index in [0.717, 1.165) is 178 Å². The van der Waals surface area contributed by atoms with Gasteiger partial charge in [0.1, 0.15) is 0 Å². The molecular weight excluding hydrogens is 1600 g/mol. The molecule has 17 rings (SSSR count). The van der Waals surface area contributed by atoms with Crippen LogP contribution in [0.4, 0.5) is 0 Å². The van der Waals surface area contributed by atoms with Gasteiger partial charge in [-0.2, -0.15) is 0 Å². The van der Waals surface area contributed by atoms with E-state index in [1.807, 2.05) is 0 Å². The van der Waals surface area contributed by atoms with Gasteiger partial charge in [0.25, 0.3) is 0 Å². The molecule has 0 saturated heterocycles. The first-order chi connectivity index (χ1) is 60.9. The molecule has 0 spiro atoms. The van der Waals surface area contributed by atoms with E-state index in [9.17, 15) is 0 Å². The molecule has 16 bridgehead atoms. The maximum atomic E-state index is 6.26. The van der Waals surface area contributed by atoms with Crippen LogP contribution in [0.3, 0.4) is 0 Å². The first-order valence-electron chi connectivity index (χ1n) is 48.3. The largest absolute Gasteiger partial charge is 0.354 e. The summed E-state index contributed by atoms with van der Waals surface area (Å²) >= 11 is 0. The summed E-state index contributed by atoms with van der Waals surface area (Å²) in [6.45, 7) is 84.3. The van der Waals surface area contributed by atoms with E-state index >= 15 is 0 Å². The van der Waals surface area contributed by atoms with Gasteiger partial charge >= 0.3 is 0 Å². The van der Waals surface area contributed by atoms with Crippen LogP contribution in [0.5, 0.6) is 0 Å². The minimum Gasteiger partial charge on any atom is -0.354 e. The van der Waals surface area contributed by atoms with Crippen molar-refractivity contribution in [2.75, 3.05) is 0 Å². The van der Waals surface area contributed by atoms with Crippen molar-refractivity contribution in [2.45, 2.75) is 314 Å². The van der Waals surface area contributed by atoms with Gasteiger partial charge in [0.15, 0.2) is 0 Å². The van der Waals surface area contributed by atoms with Crippen LogP contribution in [0.25, 0.3) is 181 Å². The van der Waals surface area contributed by atoms with Crippen LogP contribution in [0.15, 0.2) is 146 Å². The van der Waals surface area contributed by atoms with Gasteiger partial charge < -0.3 is 19.9 Å². The van der Waals surface area contributed by atoms with Crippen LogP contribution in [0, 0.1) is 0 Å². The number of nitrogens with zero attached hydrogens (tertiary/aromatic N) is 4. The Kier molecular flexibility index (Phi) is 21.7. The molecule has 0 radical (unpaired) electrons. The minimum atomic E-state index is -0.225. The fourth-order valence-electron chi connectivity index (χ4n) is 19.2. The first-order valence-corrected chi connectivity index (χ1v) is 48.3.